The number of para-hydroxylation sites is 1. The topological polar surface area (TPSA) is 40.2 Å². The lowest BCUT2D eigenvalue weighted by Gasteiger charge is -2.15. The van der Waals surface area contributed by atoms with Crippen LogP contribution in [-0.4, -0.2) is 17.7 Å². The molecule has 0 saturated heterocycles. The van der Waals surface area contributed by atoms with E-state index < -0.39 is 0 Å². The summed E-state index contributed by atoms with van der Waals surface area (Å²) in [5, 5.41) is 1.32. The van der Waals surface area contributed by atoms with Gasteiger partial charge in [0.25, 0.3) is 0 Å². The summed E-state index contributed by atoms with van der Waals surface area (Å²) in [5.41, 5.74) is 10.1. The summed E-state index contributed by atoms with van der Waals surface area (Å²) in [5.74, 6) is 1.25. The number of nitrogens with zero attached hydrogens (tertiary/aromatic N) is 1. The van der Waals surface area contributed by atoms with Gasteiger partial charge in [0.05, 0.1) is 6.61 Å². The van der Waals surface area contributed by atoms with Gasteiger partial charge < -0.3 is 15.0 Å². The third-order valence-corrected chi connectivity index (χ3v) is 4.74. The van der Waals surface area contributed by atoms with Crippen molar-refractivity contribution in [2.75, 3.05) is 13.2 Å². The molecule has 3 nitrogen and oxygen atoms in total. The molecule has 25 heavy (non-hydrogen) atoms. The van der Waals surface area contributed by atoms with Gasteiger partial charge in [-0.1, -0.05) is 37.3 Å². The van der Waals surface area contributed by atoms with Crippen molar-refractivity contribution in [2.24, 2.45) is 5.73 Å². The molecule has 1 unspecified atom stereocenters. The van der Waals surface area contributed by atoms with Crippen molar-refractivity contribution >= 4 is 10.9 Å². The number of rotatable bonds is 8. The lowest BCUT2D eigenvalue weighted by molar-refractivity contribution is 0.317. The Hall–Kier alpha value is -2.26. The van der Waals surface area contributed by atoms with Crippen molar-refractivity contribution in [1.29, 1.82) is 0 Å². The van der Waals surface area contributed by atoms with Crippen LogP contribution in [0.15, 0.2) is 54.7 Å². The minimum Gasteiger partial charge on any atom is -0.494 e. The van der Waals surface area contributed by atoms with Crippen LogP contribution in [0.2, 0.25) is 0 Å². The standard InChI is InChI=1S/C22H28N2O/c1-3-12-25-19-9-7-8-17(14-19)13-18(15-23)21-16-24(4-2)22-11-6-5-10-20(21)22/h5-11,14,16,18H,3-4,12-13,15,23H2,1-2H3. The van der Waals surface area contributed by atoms with Crippen molar-refractivity contribution in [1.82, 2.24) is 4.57 Å². The number of hydrogen-bond acceptors (Lipinski definition) is 2. The normalized spacial score (nSPS) is 12.4. The van der Waals surface area contributed by atoms with Crippen LogP contribution < -0.4 is 10.5 Å². The van der Waals surface area contributed by atoms with Crippen molar-refractivity contribution in [3.8, 4) is 5.75 Å². The van der Waals surface area contributed by atoms with Crippen molar-refractivity contribution in [2.45, 2.75) is 39.2 Å². The number of fused-ring (bicyclic) bond motifs is 1. The predicted molar refractivity (Wildman–Crippen MR) is 105 cm³/mol. The Bertz CT molecular complexity index is 822. The van der Waals surface area contributed by atoms with Crippen LogP contribution in [-0.2, 0) is 13.0 Å². The van der Waals surface area contributed by atoms with Gasteiger partial charge in [0, 0.05) is 29.6 Å². The Morgan fingerprint density at radius 3 is 2.68 bits per heavy atom. The molecule has 0 bridgehead atoms. The third-order valence-electron chi connectivity index (χ3n) is 4.74. The molecule has 1 aromatic heterocycles. The number of aromatic nitrogens is 1. The minimum atomic E-state index is 0.305. The second-order valence-electron chi connectivity index (χ2n) is 6.52. The average Bonchev–Trinajstić information content (AvgIpc) is 3.03. The van der Waals surface area contributed by atoms with E-state index in [4.69, 9.17) is 10.5 Å². The average molecular weight is 336 g/mol. The Kier molecular flexibility index (Phi) is 5.77. The summed E-state index contributed by atoms with van der Waals surface area (Å²) >= 11 is 0. The smallest absolute Gasteiger partial charge is 0.119 e. The predicted octanol–water partition coefficient (Wildman–Crippen LogP) is 4.74. The summed E-state index contributed by atoms with van der Waals surface area (Å²) < 4.78 is 8.09. The molecule has 1 heterocycles. The maximum absolute atomic E-state index is 6.17. The molecule has 3 rings (SSSR count). The van der Waals surface area contributed by atoms with Gasteiger partial charge in [-0.15, -0.1) is 0 Å². The molecule has 0 amide bonds. The Balaban J connectivity index is 1.88. The molecule has 0 radical (unpaired) electrons. The first-order valence-corrected chi connectivity index (χ1v) is 9.26. The maximum atomic E-state index is 6.17. The molecular weight excluding hydrogens is 308 g/mol. The van der Waals surface area contributed by atoms with Gasteiger partial charge in [-0.25, -0.2) is 0 Å². The Morgan fingerprint density at radius 2 is 1.92 bits per heavy atom. The van der Waals surface area contributed by atoms with Gasteiger partial charge >= 0.3 is 0 Å². The van der Waals surface area contributed by atoms with Crippen LogP contribution in [0, 0.1) is 0 Å². The number of benzene rings is 2. The monoisotopic (exact) mass is 336 g/mol. The molecule has 3 aromatic rings. The molecule has 0 fully saturated rings. The summed E-state index contributed by atoms with van der Waals surface area (Å²) in [7, 11) is 0. The highest BCUT2D eigenvalue weighted by atomic mass is 16.5. The zero-order valence-electron chi connectivity index (χ0n) is 15.2. The molecule has 0 aliphatic rings. The first-order chi connectivity index (χ1) is 12.3. The van der Waals surface area contributed by atoms with Gasteiger partial charge in [0.15, 0.2) is 0 Å². The van der Waals surface area contributed by atoms with Gasteiger partial charge in [-0.05, 0) is 55.6 Å². The third kappa shape index (κ3) is 3.88. The SMILES string of the molecule is CCCOc1cccc(CC(CN)c2cn(CC)c3ccccc23)c1. The molecule has 2 aromatic carbocycles. The fraction of sp³-hybridized carbons (Fsp3) is 0.364. The molecule has 0 saturated carbocycles. The van der Waals surface area contributed by atoms with Crippen LogP contribution in [0.3, 0.4) is 0 Å². The summed E-state index contributed by atoms with van der Waals surface area (Å²) in [6, 6.07) is 17.0. The molecule has 0 aliphatic heterocycles. The quantitative estimate of drug-likeness (QED) is 0.646. The van der Waals surface area contributed by atoms with E-state index >= 15 is 0 Å². The maximum Gasteiger partial charge on any atom is 0.119 e. The second-order valence-corrected chi connectivity index (χ2v) is 6.52. The van der Waals surface area contributed by atoms with E-state index in [-0.39, 0.29) is 0 Å². The molecule has 3 heteroatoms. The van der Waals surface area contributed by atoms with Crippen LogP contribution >= 0.6 is 0 Å². The van der Waals surface area contributed by atoms with Gasteiger partial charge in [-0.2, -0.15) is 0 Å². The molecule has 0 spiro atoms. The molecule has 2 N–H and O–H groups in total. The summed E-state index contributed by atoms with van der Waals surface area (Å²) in [6.45, 7) is 6.67. The molecular formula is C22H28N2O. The zero-order valence-corrected chi connectivity index (χ0v) is 15.2. The van der Waals surface area contributed by atoms with Crippen LogP contribution in [0.25, 0.3) is 10.9 Å². The highest BCUT2D eigenvalue weighted by Gasteiger charge is 2.17. The first-order valence-electron chi connectivity index (χ1n) is 9.26. The molecule has 132 valence electrons. The second kappa shape index (κ2) is 8.21. The van der Waals surface area contributed by atoms with Gasteiger partial charge in [-0.3, -0.25) is 0 Å². The number of aryl methyl sites for hydroxylation is 1. The number of hydrogen-bond donors (Lipinski definition) is 1. The highest BCUT2D eigenvalue weighted by molar-refractivity contribution is 5.84. The summed E-state index contributed by atoms with van der Waals surface area (Å²) in [6.07, 6.45) is 4.23. The van der Waals surface area contributed by atoms with E-state index in [0.717, 1.165) is 31.7 Å². The fourth-order valence-electron chi connectivity index (χ4n) is 3.45. The van der Waals surface area contributed by atoms with E-state index in [1.54, 1.807) is 0 Å². The minimum absolute atomic E-state index is 0.305. The molecule has 1 atom stereocenters. The Morgan fingerprint density at radius 1 is 1.08 bits per heavy atom. The lowest BCUT2D eigenvalue weighted by Crippen LogP contribution is -2.15. The highest BCUT2D eigenvalue weighted by Crippen LogP contribution is 2.30. The van der Waals surface area contributed by atoms with Gasteiger partial charge in [0.2, 0.25) is 0 Å². The van der Waals surface area contributed by atoms with Gasteiger partial charge in [0.1, 0.15) is 5.75 Å². The van der Waals surface area contributed by atoms with Crippen LogP contribution in [0.1, 0.15) is 37.3 Å². The largest absolute Gasteiger partial charge is 0.494 e. The van der Waals surface area contributed by atoms with Crippen molar-refractivity contribution in [3.05, 3.63) is 65.9 Å². The van der Waals surface area contributed by atoms with E-state index in [2.05, 4.69) is 67.1 Å². The van der Waals surface area contributed by atoms with E-state index in [1.807, 2.05) is 6.07 Å². The van der Waals surface area contributed by atoms with Crippen molar-refractivity contribution < 1.29 is 4.74 Å². The Labute approximate surface area is 150 Å². The summed E-state index contributed by atoms with van der Waals surface area (Å²) in [4.78, 5) is 0. The van der Waals surface area contributed by atoms with Crippen molar-refractivity contribution in [3.63, 3.8) is 0 Å². The zero-order chi connectivity index (χ0) is 17.6. The van der Waals surface area contributed by atoms with E-state index in [9.17, 15) is 0 Å². The van der Waals surface area contributed by atoms with Crippen LogP contribution in [0.5, 0.6) is 5.75 Å². The number of ether oxygens (including phenoxy) is 1. The number of nitrogens with two attached hydrogens (primary N) is 1. The first kappa shape index (κ1) is 17.6. The van der Waals surface area contributed by atoms with E-state index in [0.29, 0.717) is 12.5 Å². The molecule has 0 aliphatic carbocycles. The fourth-order valence-corrected chi connectivity index (χ4v) is 3.45. The van der Waals surface area contributed by atoms with E-state index in [1.165, 1.54) is 22.0 Å². The lowest BCUT2D eigenvalue weighted by atomic mass is 9.91. The van der Waals surface area contributed by atoms with Crippen LogP contribution in [0.4, 0.5) is 0 Å².